The van der Waals surface area contributed by atoms with Crippen molar-refractivity contribution >= 4 is 0 Å². The van der Waals surface area contributed by atoms with Crippen LogP contribution in [0.3, 0.4) is 0 Å². The molecule has 0 saturated heterocycles. The van der Waals surface area contributed by atoms with Gasteiger partial charge in [0.05, 0.1) is 13.7 Å². The maximum absolute atomic E-state index is 8.50. The van der Waals surface area contributed by atoms with Gasteiger partial charge in [-0.3, -0.25) is 0 Å². The van der Waals surface area contributed by atoms with E-state index in [0.29, 0.717) is 6.54 Å². The number of aryl methyl sites for hydroxylation is 1. The molecule has 58 valence electrons. The van der Waals surface area contributed by atoms with Crippen molar-refractivity contribution in [3.63, 3.8) is 0 Å². The van der Waals surface area contributed by atoms with Crippen LogP contribution in [0.1, 0.15) is 0 Å². The molecule has 0 radical (unpaired) electrons. The predicted octanol–water partition coefficient (Wildman–Crippen LogP) is -3.69. The van der Waals surface area contributed by atoms with E-state index in [1.54, 1.807) is 0 Å². The number of rotatable bonds is 2. The Kier molecular flexibility index (Phi) is 4.07. The zero-order valence-electron chi connectivity index (χ0n) is 5.87. The van der Waals surface area contributed by atoms with E-state index in [-0.39, 0.29) is 19.0 Å². The Morgan fingerprint density at radius 1 is 1.60 bits per heavy atom. The number of aliphatic hydroxyl groups excluding tert-OH is 1. The molecule has 0 bridgehead atoms. The molecule has 0 aliphatic rings. The van der Waals surface area contributed by atoms with Crippen molar-refractivity contribution in [1.29, 1.82) is 0 Å². The Bertz CT molecular complexity index is 188. The van der Waals surface area contributed by atoms with E-state index >= 15 is 0 Å². The Hall–Kier alpha value is -0.540. The van der Waals surface area contributed by atoms with Crippen molar-refractivity contribution < 1.29 is 22.1 Å². The van der Waals surface area contributed by atoms with Crippen LogP contribution in [0.25, 0.3) is 0 Å². The summed E-state index contributed by atoms with van der Waals surface area (Å²) in [5, 5.41) is 8.50. The molecule has 4 heteroatoms. The topological polar surface area (TPSA) is 29.0 Å². The molecule has 1 heterocycles. The molecule has 3 nitrogen and oxygen atoms in total. The van der Waals surface area contributed by atoms with E-state index in [9.17, 15) is 0 Å². The molecule has 0 aromatic carbocycles. The first-order valence-electron chi connectivity index (χ1n) is 2.95. The zero-order chi connectivity index (χ0) is 6.69. The SMILES string of the molecule is Cn1cc[n+](CCO)c1.[Cl-]. The van der Waals surface area contributed by atoms with Crippen LogP contribution >= 0.6 is 0 Å². The molecule has 0 fully saturated rings. The molecule has 1 aromatic rings. The Labute approximate surface area is 66.3 Å². The summed E-state index contributed by atoms with van der Waals surface area (Å²) in [5.74, 6) is 0. The van der Waals surface area contributed by atoms with Crippen LogP contribution in [0.4, 0.5) is 0 Å². The highest BCUT2D eigenvalue weighted by atomic mass is 35.5. The Morgan fingerprint density at radius 3 is 2.70 bits per heavy atom. The van der Waals surface area contributed by atoms with Crippen LogP contribution < -0.4 is 17.0 Å². The van der Waals surface area contributed by atoms with Gasteiger partial charge in [-0.25, -0.2) is 9.13 Å². The van der Waals surface area contributed by atoms with E-state index in [2.05, 4.69) is 0 Å². The lowest BCUT2D eigenvalue weighted by molar-refractivity contribution is -0.697. The molecular weight excluding hydrogens is 152 g/mol. The molecule has 1 aromatic heterocycles. The molecule has 0 saturated carbocycles. The minimum absolute atomic E-state index is 0. The van der Waals surface area contributed by atoms with Crippen molar-refractivity contribution in [2.75, 3.05) is 6.61 Å². The van der Waals surface area contributed by atoms with Gasteiger partial charge in [0.1, 0.15) is 18.9 Å². The molecule has 10 heavy (non-hydrogen) atoms. The van der Waals surface area contributed by atoms with E-state index in [0.717, 1.165) is 0 Å². The van der Waals surface area contributed by atoms with Gasteiger partial charge in [0.2, 0.25) is 6.33 Å². The lowest BCUT2D eigenvalue weighted by Gasteiger charge is -1.86. The number of halogens is 1. The average molecular weight is 163 g/mol. The van der Waals surface area contributed by atoms with Gasteiger partial charge < -0.3 is 17.5 Å². The van der Waals surface area contributed by atoms with E-state index < -0.39 is 0 Å². The summed E-state index contributed by atoms with van der Waals surface area (Å²) in [6.45, 7) is 0.884. The van der Waals surface area contributed by atoms with E-state index in [1.807, 2.05) is 34.9 Å². The van der Waals surface area contributed by atoms with Crippen molar-refractivity contribution in [1.82, 2.24) is 4.57 Å². The van der Waals surface area contributed by atoms with Gasteiger partial charge in [-0.05, 0) is 0 Å². The van der Waals surface area contributed by atoms with Crippen molar-refractivity contribution in [2.45, 2.75) is 6.54 Å². The summed E-state index contributed by atoms with van der Waals surface area (Å²) in [6.07, 6.45) is 5.79. The molecule has 1 N–H and O–H groups in total. The summed E-state index contributed by atoms with van der Waals surface area (Å²) >= 11 is 0. The second-order valence-corrected chi connectivity index (χ2v) is 2.04. The van der Waals surface area contributed by atoms with E-state index in [1.165, 1.54) is 0 Å². The minimum atomic E-state index is 0. The van der Waals surface area contributed by atoms with Crippen molar-refractivity contribution in [2.24, 2.45) is 7.05 Å². The number of hydrogen-bond acceptors (Lipinski definition) is 1. The first kappa shape index (κ1) is 9.46. The quantitative estimate of drug-likeness (QED) is 0.446. The van der Waals surface area contributed by atoms with Gasteiger partial charge in [-0.2, -0.15) is 0 Å². The number of imidazole rings is 1. The molecule has 1 rings (SSSR count). The lowest BCUT2D eigenvalue weighted by atomic mass is 10.7. The first-order chi connectivity index (χ1) is 4.33. The maximum atomic E-state index is 8.50. The predicted molar refractivity (Wildman–Crippen MR) is 32.7 cm³/mol. The molecule has 0 unspecified atom stereocenters. The highest BCUT2D eigenvalue weighted by molar-refractivity contribution is 4.61. The molecular formula is C6H11ClN2O. The molecule has 0 amide bonds. The molecule has 0 spiro atoms. The third-order valence-electron chi connectivity index (χ3n) is 1.18. The highest BCUT2D eigenvalue weighted by Crippen LogP contribution is 1.75. The summed E-state index contributed by atoms with van der Waals surface area (Å²) in [4.78, 5) is 0. The van der Waals surface area contributed by atoms with Crippen LogP contribution in [-0.2, 0) is 13.6 Å². The number of nitrogens with zero attached hydrogens (tertiary/aromatic N) is 2. The minimum Gasteiger partial charge on any atom is -1.00 e. The van der Waals surface area contributed by atoms with Gasteiger partial charge in [0.15, 0.2) is 0 Å². The van der Waals surface area contributed by atoms with Gasteiger partial charge in [-0.15, -0.1) is 0 Å². The molecule has 0 aliphatic heterocycles. The fourth-order valence-corrected chi connectivity index (χ4v) is 0.749. The number of aromatic nitrogens is 2. The van der Waals surface area contributed by atoms with Gasteiger partial charge in [0, 0.05) is 0 Å². The van der Waals surface area contributed by atoms with Crippen molar-refractivity contribution in [3.8, 4) is 0 Å². The maximum Gasteiger partial charge on any atom is 0.243 e. The summed E-state index contributed by atoms with van der Waals surface area (Å²) in [7, 11) is 1.95. The smallest absolute Gasteiger partial charge is 0.243 e. The monoisotopic (exact) mass is 162 g/mol. The average Bonchev–Trinajstić information content (AvgIpc) is 2.17. The largest absolute Gasteiger partial charge is 1.00 e. The van der Waals surface area contributed by atoms with Crippen molar-refractivity contribution in [3.05, 3.63) is 18.7 Å². The van der Waals surface area contributed by atoms with E-state index in [4.69, 9.17) is 5.11 Å². The normalized spacial score (nSPS) is 9.00. The third-order valence-corrected chi connectivity index (χ3v) is 1.18. The molecule has 0 atom stereocenters. The van der Waals surface area contributed by atoms with Crippen LogP contribution in [0.5, 0.6) is 0 Å². The first-order valence-corrected chi connectivity index (χ1v) is 2.95. The zero-order valence-corrected chi connectivity index (χ0v) is 6.62. The Balaban J connectivity index is 0.000000810. The second-order valence-electron chi connectivity index (χ2n) is 2.04. The molecule has 0 aliphatic carbocycles. The standard InChI is InChI=1S/C6H11N2O.ClH/c1-7-2-3-8(6-7)4-5-9;/h2-3,6,9H,4-5H2,1H3;1H/q+1;/p-1. The Morgan fingerprint density at radius 2 is 2.30 bits per heavy atom. The van der Waals surface area contributed by atoms with Crippen LogP contribution in [-0.4, -0.2) is 16.3 Å². The van der Waals surface area contributed by atoms with Gasteiger partial charge in [0.25, 0.3) is 0 Å². The number of hydrogen-bond donors (Lipinski definition) is 1. The third kappa shape index (κ3) is 2.37. The second kappa shape index (κ2) is 4.30. The summed E-state index contributed by atoms with van der Waals surface area (Å²) in [5.41, 5.74) is 0. The highest BCUT2D eigenvalue weighted by Gasteiger charge is 1.95. The van der Waals surface area contributed by atoms with Gasteiger partial charge >= 0.3 is 0 Å². The van der Waals surface area contributed by atoms with Gasteiger partial charge in [-0.1, -0.05) is 0 Å². The van der Waals surface area contributed by atoms with Crippen LogP contribution in [0.2, 0.25) is 0 Å². The summed E-state index contributed by atoms with van der Waals surface area (Å²) in [6, 6.07) is 0. The van der Waals surface area contributed by atoms with Crippen LogP contribution in [0.15, 0.2) is 18.7 Å². The fraction of sp³-hybridized carbons (Fsp3) is 0.500. The lowest BCUT2D eigenvalue weighted by Crippen LogP contribution is -3.00. The fourth-order valence-electron chi connectivity index (χ4n) is 0.749. The summed E-state index contributed by atoms with van der Waals surface area (Å²) < 4.78 is 3.87. The van der Waals surface area contributed by atoms with Crippen LogP contribution in [0, 0.1) is 0 Å². The number of aliphatic hydroxyl groups is 1.